The Balaban J connectivity index is 2.34. The molecule has 6 heavy (non-hydrogen) atoms. The summed E-state index contributed by atoms with van der Waals surface area (Å²) in [6.07, 6.45) is 2.51. The van der Waals surface area contributed by atoms with Gasteiger partial charge in [0.2, 0.25) is 0 Å². The van der Waals surface area contributed by atoms with E-state index in [0.717, 1.165) is 6.61 Å². The Kier molecular flexibility index (Phi) is 6.49. The van der Waals surface area contributed by atoms with Gasteiger partial charge in [-0.15, -0.1) is 0 Å². The van der Waals surface area contributed by atoms with Gasteiger partial charge in [-0.2, -0.15) is 0 Å². The molecular formula is C4H12OSn. The third-order valence-corrected chi connectivity index (χ3v) is 1.87. The van der Waals surface area contributed by atoms with Gasteiger partial charge in [-0.1, -0.05) is 0 Å². The Labute approximate surface area is 52.7 Å². The van der Waals surface area contributed by atoms with Crippen molar-refractivity contribution in [3.63, 3.8) is 0 Å². The van der Waals surface area contributed by atoms with Gasteiger partial charge in [0, 0.05) is 0 Å². The van der Waals surface area contributed by atoms with E-state index in [2.05, 4.69) is 6.92 Å². The molecule has 0 aromatic heterocycles. The van der Waals surface area contributed by atoms with Crippen molar-refractivity contribution in [2.45, 2.75) is 19.8 Å². The quantitative estimate of drug-likeness (QED) is 0.457. The van der Waals surface area contributed by atoms with Gasteiger partial charge in [0.25, 0.3) is 0 Å². The van der Waals surface area contributed by atoms with Crippen molar-refractivity contribution < 1.29 is 3.07 Å². The minimum atomic E-state index is 0.479. The molecule has 0 aromatic rings. The Morgan fingerprint density at radius 1 is 1.67 bits per heavy atom. The Hall–Kier alpha value is 0.759. The molecule has 0 aliphatic rings. The Morgan fingerprint density at radius 3 is 2.50 bits per heavy atom. The molecular weight excluding hydrogens is 183 g/mol. The molecule has 0 radical (unpaired) electrons. The van der Waals surface area contributed by atoms with Crippen LogP contribution in [0.4, 0.5) is 0 Å². The van der Waals surface area contributed by atoms with Gasteiger partial charge in [-0.25, -0.2) is 0 Å². The second-order valence-corrected chi connectivity index (χ2v) is 2.99. The molecule has 1 nitrogen and oxygen atoms in total. The van der Waals surface area contributed by atoms with Crippen LogP contribution in [0.3, 0.4) is 0 Å². The maximum absolute atomic E-state index is 4.99. The summed E-state index contributed by atoms with van der Waals surface area (Å²) in [6.45, 7) is 3.18. The SMILES string of the molecule is CCCC[O][SnH3]. The third kappa shape index (κ3) is 4.76. The first-order valence-corrected chi connectivity index (χ1v) is 4.73. The van der Waals surface area contributed by atoms with Crippen molar-refractivity contribution in [1.82, 2.24) is 0 Å². The minimum absolute atomic E-state index is 0.479. The van der Waals surface area contributed by atoms with Crippen LogP contribution in [0.25, 0.3) is 0 Å². The van der Waals surface area contributed by atoms with E-state index in [9.17, 15) is 0 Å². The first kappa shape index (κ1) is 6.76. The van der Waals surface area contributed by atoms with Crippen molar-refractivity contribution in [1.29, 1.82) is 0 Å². The fraction of sp³-hybridized carbons (Fsp3) is 1.00. The van der Waals surface area contributed by atoms with Crippen LogP contribution >= 0.6 is 0 Å². The molecule has 0 amide bonds. The molecule has 0 fully saturated rings. The van der Waals surface area contributed by atoms with Crippen LogP contribution in [0.2, 0.25) is 0 Å². The van der Waals surface area contributed by atoms with Crippen molar-refractivity contribution in [2.75, 3.05) is 6.61 Å². The normalized spacial score (nSPS) is 9.50. The van der Waals surface area contributed by atoms with Gasteiger partial charge in [-0.05, 0) is 0 Å². The molecule has 0 saturated carbocycles. The second kappa shape index (κ2) is 5.76. The van der Waals surface area contributed by atoms with E-state index in [0.29, 0.717) is 22.9 Å². The van der Waals surface area contributed by atoms with Crippen LogP contribution in [0.1, 0.15) is 19.8 Å². The molecule has 0 aliphatic heterocycles. The Bertz CT molecular complexity index is 19.5. The summed E-state index contributed by atoms with van der Waals surface area (Å²) >= 11 is 0.479. The fourth-order valence-electron chi connectivity index (χ4n) is 0.289. The van der Waals surface area contributed by atoms with Gasteiger partial charge in [0.05, 0.1) is 0 Å². The molecule has 0 rings (SSSR count). The van der Waals surface area contributed by atoms with E-state index in [1.54, 1.807) is 0 Å². The van der Waals surface area contributed by atoms with Crippen LogP contribution in [0, 0.1) is 0 Å². The van der Waals surface area contributed by atoms with Gasteiger partial charge >= 0.3 is 52.4 Å². The van der Waals surface area contributed by atoms with Crippen LogP contribution in [-0.2, 0) is 3.07 Å². The molecule has 0 unspecified atom stereocenters. The molecule has 0 bridgehead atoms. The van der Waals surface area contributed by atoms with Crippen LogP contribution in [-0.4, -0.2) is 29.5 Å². The Morgan fingerprint density at radius 2 is 2.33 bits per heavy atom. The van der Waals surface area contributed by atoms with Crippen molar-refractivity contribution >= 4 is 22.9 Å². The molecule has 38 valence electrons. The predicted molar refractivity (Wildman–Crippen MR) is 30.8 cm³/mol. The van der Waals surface area contributed by atoms with Gasteiger partial charge < -0.3 is 0 Å². The summed E-state index contributed by atoms with van der Waals surface area (Å²) in [5, 5.41) is 0. The number of hydrogen-bond donors (Lipinski definition) is 0. The predicted octanol–water partition coefficient (Wildman–Crippen LogP) is 0.0835. The van der Waals surface area contributed by atoms with Crippen LogP contribution < -0.4 is 0 Å². The van der Waals surface area contributed by atoms with Crippen LogP contribution in [0.5, 0.6) is 0 Å². The molecule has 0 saturated heterocycles. The molecule has 0 spiro atoms. The monoisotopic (exact) mass is 196 g/mol. The summed E-state index contributed by atoms with van der Waals surface area (Å²) < 4.78 is 4.99. The zero-order chi connectivity index (χ0) is 4.83. The van der Waals surface area contributed by atoms with Crippen LogP contribution in [0.15, 0.2) is 0 Å². The van der Waals surface area contributed by atoms with E-state index < -0.39 is 0 Å². The van der Waals surface area contributed by atoms with E-state index >= 15 is 0 Å². The van der Waals surface area contributed by atoms with Gasteiger partial charge in [0.1, 0.15) is 0 Å². The molecule has 2 heteroatoms. The standard InChI is InChI=1S/C4H9O.Sn.3H/c1-2-3-4-5;;;;/h2-4H2,1H3;;;;/q-1;+1;;;. The third-order valence-electron chi connectivity index (χ3n) is 0.702. The van der Waals surface area contributed by atoms with Crippen molar-refractivity contribution in [3.8, 4) is 0 Å². The number of unbranched alkanes of at least 4 members (excludes halogenated alkanes) is 1. The van der Waals surface area contributed by atoms with E-state index in [-0.39, 0.29) is 0 Å². The maximum atomic E-state index is 4.99. The average molecular weight is 195 g/mol. The first-order valence-electron chi connectivity index (χ1n) is 2.40. The fourth-order valence-corrected chi connectivity index (χ4v) is 1.11. The summed E-state index contributed by atoms with van der Waals surface area (Å²) in [4.78, 5) is 0. The molecule has 0 aliphatic carbocycles. The zero-order valence-corrected chi connectivity index (χ0v) is 10.2. The molecule has 0 heterocycles. The van der Waals surface area contributed by atoms with Gasteiger partial charge in [0.15, 0.2) is 0 Å². The zero-order valence-electron chi connectivity index (χ0n) is 4.53. The van der Waals surface area contributed by atoms with Gasteiger partial charge in [-0.3, -0.25) is 0 Å². The summed E-state index contributed by atoms with van der Waals surface area (Å²) in [7, 11) is 0. The molecule has 0 aromatic carbocycles. The van der Waals surface area contributed by atoms with Crippen molar-refractivity contribution in [2.24, 2.45) is 0 Å². The number of rotatable bonds is 3. The molecule has 0 N–H and O–H groups in total. The first-order chi connectivity index (χ1) is 2.91. The van der Waals surface area contributed by atoms with E-state index in [1.807, 2.05) is 0 Å². The van der Waals surface area contributed by atoms with E-state index in [1.165, 1.54) is 12.8 Å². The van der Waals surface area contributed by atoms with Crippen molar-refractivity contribution in [3.05, 3.63) is 0 Å². The van der Waals surface area contributed by atoms with E-state index in [4.69, 9.17) is 3.07 Å². The summed E-state index contributed by atoms with van der Waals surface area (Å²) in [5.41, 5.74) is 0. The number of hydrogen-bond acceptors (Lipinski definition) is 1. The second-order valence-electron chi connectivity index (χ2n) is 1.35. The summed E-state index contributed by atoms with van der Waals surface area (Å²) in [5.74, 6) is 0. The average Bonchev–Trinajstić information content (AvgIpc) is 1.61. The summed E-state index contributed by atoms with van der Waals surface area (Å²) in [6, 6.07) is 0. The molecule has 0 atom stereocenters. The topological polar surface area (TPSA) is 9.23 Å².